The van der Waals surface area contributed by atoms with Crippen molar-refractivity contribution >= 4 is 5.91 Å². The first kappa shape index (κ1) is 24.1. The molecule has 2 aromatic rings. The summed E-state index contributed by atoms with van der Waals surface area (Å²) in [5, 5.41) is 11.6. The number of nitrogens with zero attached hydrogens (tertiary/aromatic N) is 2. The van der Waals surface area contributed by atoms with Crippen LogP contribution in [0.25, 0.3) is 0 Å². The number of benzene rings is 2. The maximum atomic E-state index is 13.7. The molecule has 2 rings (SSSR count). The second-order valence-electron chi connectivity index (χ2n) is 8.88. The Balaban J connectivity index is 2.50. The van der Waals surface area contributed by atoms with Crippen LogP contribution in [0.2, 0.25) is 0 Å². The highest BCUT2D eigenvalue weighted by atomic mass is 16.3. The van der Waals surface area contributed by atoms with E-state index in [0.717, 1.165) is 24.1 Å². The number of hydrogen-bond acceptors (Lipinski definition) is 3. The second kappa shape index (κ2) is 10.7. The lowest BCUT2D eigenvalue weighted by atomic mass is 9.69. The number of aliphatic hydroxyl groups excluding tert-OH is 1. The van der Waals surface area contributed by atoms with Crippen molar-refractivity contribution in [2.24, 2.45) is 0 Å². The minimum absolute atomic E-state index is 0.0642. The van der Waals surface area contributed by atoms with E-state index in [9.17, 15) is 9.90 Å². The number of carbonyl (C=O) groups excluding carboxylic acids is 1. The van der Waals surface area contributed by atoms with Gasteiger partial charge >= 0.3 is 0 Å². The lowest BCUT2D eigenvalue weighted by Crippen LogP contribution is -2.49. The highest BCUT2D eigenvalue weighted by Gasteiger charge is 2.47. The van der Waals surface area contributed by atoms with Crippen molar-refractivity contribution in [1.29, 1.82) is 0 Å². The van der Waals surface area contributed by atoms with Crippen LogP contribution in [-0.2, 0) is 10.2 Å². The largest absolute Gasteiger partial charge is 0.387 e. The lowest BCUT2D eigenvalue weighted by molar-refractivity contribution is -0.140. The third-order valence-electron chi connectivity index (χ3n) is 5.97. The first-order chi connectivity index (χ1) is 14.2. The first-order valence-electron chi connectivity index (χ1n) is 11.0. The molecule has 2 aromatic carbocycles. The van der Waals surface area contributed by atoms with E-state index >= 15 is 0 Å². The van der Waals surface area contributed by atoms with Gasteiger partial charge in [0.2, 0.25) is 5.91 Å². The molecule has 4 nitrogen and oxygen atoms in total. The van der Waals surface area contributed by atoms with Crippen LogP contribution in [0, 0.1) is 0 Å². The zero-order chi connectivity index (χ0) is 22.3. The molecule has 2 atom stereocenters. The van der Waals surface area contributed by atoms with Gasteiger partial charge in [0.1, 0.15) is 5.41 Å². The molecule has 0 aliphatic rings. The number of hydrogen-bond donors (Lipinski definition) is 1. The summed E-state index contributed by atoms with van der Waals surface area (Å²) < 4.78 is 0. The van der Waals surface area contributed by atoms with Gasteiger partial charge in [0.25, 0.3) is 0 Å². The summed E-state index contributed by atoms with van der Waals surface area (Å²) in [6, 6.07) is 20.2. The number of amides is 1. The number of aliphatic hydroxyl groups is 1. The van der Waals surface area contributed by atoms with Crippen molar-refractivity contribution in [3.8, 4) is 0 Å². The number of rotatable bonds is 10. The van der Waals surface area contributed by atoms with Gasteiger partial charge in [0, 0.05) is 26.2 Å². The molecule has 0 bridgehead atoms. The number of likely N-dealkylation sites (N-methyl/N-ethyl adjacent to an activating group) is 1. The molecule has 0 fully saturated rings. The Hall–Kier alpha value is -2.17. The molecule has 0 aliphatic carbocycles. The molecule has 164 valence electrons. The van der Waals surface area contributed by atoms with Crippen LogP contribution >= 0.6 is 0 Å². The third-order valence-corrected chi connectivity index (χ3v) is 5.97. The van der Waals surface area contributed by atoms with E-state index in [2.05, 4.69) is 32.6 Å². The Morgan fingerprint density at radius 2 is 1.40 bits per heavy atom. The van der Waals surface area contributed by atoms with E-state index in [1.54, 1.807) is 19.0 Å². The third kappa shape index (κ3) is 5.30. The van der Waals surface area contributed by atoms with E-state index in [1.165, 1.54) is 0 Å². The molecule has 0 aromatic heterocycles. The second-order valence-corrected chi connectivity index (χ2v) is 8.88. The molecular weight excluding hydrogens is 372 g/mol. The Morgan fingerprint density at radius 3 is 1.87 bits per heavy atom. The molecule has 1 amide bonds. The maximum Gasteiger partial charge on any atom is 0.235 e. The Labute approximate surface area is 182 Å². The fraction of sp³-hybridized carbons (Fsp3) is 0.500. The molecular formula is C26H38N2O2. The van der Waals surface area contributed by atoms with Gasteiger partial charge in [0.05, 0.1) is 6.10 Å². The smallest absolute Gasteiger partial charge is 0.235 e. The van der Waals surface area contributed by atoms with Crippen LogP contribution in [0.3, 0.4) is 0 Å². The highest BCUT2D eigenvalue weighted by Crippen LogP contribution is 2.43. The van der Waals surface area contributed by atoms with Crippen molar-refractivity contribution < 1.29 is 9.90 Å². The molecule has 0 saturated heterocycles. The van der Waals surface area contributed by atoms with Crippen molar-refractivity contribution in [1.82, 2.24) is 9.80 Å². The maximum absolute atomic E-state index is 13.7. The molecule has 2 unspecified atom stereocenters. The summed E-state index contributed by atoms with van der Waals surface area (Å²) in [4.78, 5) is 17.7. The van der Waals surface area contributed by atoms with E-state index in [0.29, 0.717) is 18.5 Å². The van der Waals surface area contributed by atoms with Gasteiger partial charge in [-0.15, -0.1) is 0 Å². The Bertz CT molecular complexity index is 766. The van der Waals surface area contributed by atoms with Crippen molar-refractivity contribution in [2.75, 3.05) is 20.6 Å². The quantitative estimate of drug-likeness (QED) is 0.620. The molecule has 0 saturated carbocycles. The summed E-state index contributed by atoms with van der Waals surface area (Å²) in [5.74, 6) is -0.0642. The molecule has 30 heavy (non-hydrogen) atoms. The average Bonchev–Trinajstić information content (AvgIpc) is 2.73. The van der Waals surface area contributed by atoms with Gasteiger partial charge in [-0.25, -0.2) is 0 Å². The molecule has 4 heteroatoms. The summed E-state index contributed by atoms with van der Waals surface area (Å²) in [6.45, 7) is 9.69. The van der Waals surface area contributed by atoms with Crippen LogP contribution in [0.5, 0.6) is 0 Å². The van der Waals surface area contributed by atoms with Crippen LogP contribution in [-0.4, -0.2) is 53.5 Å². The van der Waals surface area contributed by atoms with Gasteiger partial charge in [-0.3, -0.25) is 9.69 Å². The van der Waals surface area contributed by atoms with Crippen LogP contribution < -0.4 is 0 Å². The first-order valence-corrected chi connectivity index (χ1v) is 11.0. The summed E-state index contributed by atoms with van der Waals surface area (Å²) in [5.41, 5.74) is 0.591. The molecule has 0 spiro atoms. The minimum atomic E-state index is -1.04. The topological polar surface area (TPSA) is 43.8 Å². The van der Waals surface area contributed by atoms with Crippen molar-refractivity contribution in [3.63, 3.8) is 0 Å². The Kier molecular flexibility index (Phi) is 8.63. The van der Waals surface area contributed by atoms with Crippen LogP contribution in [0.1, 0.15) is 57.8 Å². The predicted octanol–water partition coefficient (Wildman–Crippen LogP) is 4.65. The fourth-order valence-electron chi connectivity index (χ4n) is 4.49. The molecule has 1 N–H and O–H groups in total. The van der Waals surface area contributed by atoms with Gasteiger partial charge in [-0.2, -0.15) is 0 Å². The number of carbonyl (C=O) groups is 1. The van der Waals surface area contributed by atoms with Crippen molar-refractivity contribution in [2.45, 2.75) is 64.1 Å². The predicted molar refractivity (Wildman–Crippen MR) is 124 cm³/mol. The fourth-order valence-corrected chi connectivity index (χ4v) is 4.49. The zero-order valence-electron chi connectivity index (χ0n) is 19.4. The normalized spacial score (nSPS) is 14.7. The summed E-state index contributed by atoms with van der Waals surface area (Å²) >= 11 is 0. The Morgan fingerprint density at radius 1 is 0.900 bits per heavy atom. The van der Waals surface area contributed by atoms with E-state index in [1.807, 2.05) is 60.7 Å². The lowest BCUT2D eigenvalue weighted by Gasteiger charge is -2.40. The zero-order valence-corrected chi connectivity index (χ0v) is 19.4. The molecule has 0 heterocycles. The highest BCUT2D eigenvalue weighted by molar-refractivity contribution is 5.89. The van der Waals surface area contributed by atoms with E-state index in [4.69, 9.17) is 0 Å². The van der Waals surface area contributed by atoms with Crippen LogP contribution in [0.15, 0.2) is 60.7 Å². The van der Waals surface area contributed by atoms with Crippen molar-refractivity contribution in [3.05, 3.63) is 71.8 Å². The van der Waals surface area contributed by atoms with Gasteiger partial charge in [-0.05, 0) is 58.2 Å². The summed E-state index contributed by atoms with van der Waals surface area (Å²) in [6.07, 6.45) is 0.455. The minimum Gasteiger partial charge on any atom is -0.387 e. The standard InChI is InChI=1S/C26H38N2O2/c1-20(2)28(21(3)4)19-13-18-26(25(30)27(5)6,23-16-11-8-12-17-23)24(29)22-14-9-7-10-15-22/h7-12,14-17,20-21,24,29H,13,18-19H2,1-6H3. The van der Waals surface area contributed by atoms with Crippen LogP contribution in [0.4, 0.5) is 0 Å². The monoisotopic (exact) mass is 410 g/mol. The summed E-state index contributed by atoms with van der Waals surface area (Å²) in [7, 11) is 3.54. The van der Waals surface area contributed by atoms with E-state index in [-0.39, 0.29) is 5.91 Å². The van der Waals surface area contributed by atoms with Gasteiger partial charge < -0.3 is 10.0 Å². The average molecular weight is 411 g/mol. The molecule has 0 aliphatic heterocycles. The van der Waals surface area contributed by atoms with E-state index < -0.39 is 11.5 Å². The SMILES string of the molecule is CC(C)N(CCCC(C(=O)N(C)C)(c1ccccc1)C(O)c1ccccc1)C(C)C. The van der Waals surface area contributed by atoms with Gasteiger partial charge in [-0.1, -0.05) is 60.7 Å². The molecule has 0 radical (unpaired) electrons. The van der Waals surface area contributed by atoms with Gasteiger partial charge in [0.15, 0.2) is 0 Å².